The van der Waals surface area contributed by atoms with Crippen LogP contribution in [0.4, 0.5) is 5.69 Å². The van der Waals surface area contributed by atoms with E-state index in [0.717, 1.165) is 86.0 Å². The van der Waals surface area contributed by atoms with Gasteiger partial charge in [0.25, 0.3) is 0 Å². The lowest BCUT2D eigenvalue weighted by Crippen LogP contribution is -2.33. The maximum Gasteiger partial charge on any atom is 0.224 e. The zero-order valence-corrected chi connectivity index (χ0v) is 19.6. The molecule has 1 amide bonds. The first kappa shape index (κ1) is 21.9. The van der Waals surface area contributed by atoms with Gasteiger partial charge in [-0.3, -0.25) is 14.6 Å². The second-order valence-corrected chi connectivity index (χ2v) is 9.18. The number of benzene rings is 2. The Morgan fingerprint density at radius 3 is 2.73 bits per heavy atom. The maximum absolute atomic E-state index is 11.8. The molecule has 0 unspecified atom stereocenters. The quantitative estimate of drug-likeness (QED) is 0.628. The van der Waals surface area contributed by atoms with Crippen LogP contribution in [0.15, 0.2) is 36.4 Å². The summed E-state index contributed by atoms with van der Waals surface area (Å²) >= 11 is 0. The molecule has 3 aromatic rings. The number of hydrogen-bond donors (Lipinski definition) is 1. The molecule has 1 saturated heterocycles. The van der Waals surface area contributed by atoms with Crippen molar-refractivity contribution in [1.29, 1.82) is 0 Å². The first-order valence-corrected chi connectivity index (χ1v) is 12.0. The first-order chi connectivity index (χ1) is 16.1. The van der Waals surface area contributed by atoms with Crippen LogP contribution < -0.4 is 10.1 Å². The van der Waals surface area contributed by atoms with Crippen molar-refractivity contribution in [2.75, 3.05) is 44.6 Å². The van der Waals surface area contributed by atoms with Crippen LogP contribution in [-0.2, 0) is 24.8 Å². The summed E-state index contributed by atoms with van der Waals surface area (Å²) in [5.41, 5.74) is 5.44. The Labute approximate surface area is 195 Å². The van der Waals surface area contributed by atoms with Crippen LogP contribution in [0.1, 0.15) is 29.8 Å². The predicted molar refractivity (Wildman–Crippen MR) is 131 cm³/mol. The third-order valence-corrected chi connectivity index (χ3v) is 6.94. The van der Waals surface area contributed by atoms with Gasteiger partial charge in [-0.2, -0.15) is 0 Å². The van der Waals surface area contributed by atoms with Gasteiger partial charge >= 0.3 is 0 Å². The number of hydrogen-bond acceptors (Lipinski definition) is 5. The topological polar surface area (TPSA) is 62.6 Å². The minimum absolute atomic E-state index is 0.0931. The molecule has 1 aromatic heterocycles. The number of nitrogens with one attached hydrogen (secondary N) is 1. The number of carbonyl (C=O) groups is 1. The van der Waals surface area contributed by atoms with E-state index in [2.05, 4.69) is 44.9 Å². The number of aromatic nitrogens is 2. The van der Waals surface area contributed by atoms with Gasteiger partial charge in [0.15, 0.2) is 0 Å². The highest BCUT2D eigenvalue weighted by Crippen LogP contribution is 2.34. The van der Waals surface area contributed by atoms with Crippen molar-refractivity contribution in [2.24, 2.45) is 7.05 Å². The second-order valence-electron chi connectivity index (χ2n) is 9.18. The number of carbonyl (C=O) groups excluding carboxylic acids is 1. The average Bonchev–Trinajstić information content (AvgIpc) is 2.97. The monoisotopic (exact) mass is 447 g/mol. The van der Waals surface area contributed by atoms with Crippen molar-refractivity contribution in [3.05, 3.63) is 53.3 Å². The number of rotatable bonds is 6. The Balaban J connectivity index is 1.14. The number of para-hydroxylation sites is 2. The van der Waals surface area contributed by atoms with Gasteiger partial charge in [-0.15, -0.1) is 0 Å². The summed E-state index contributed by atoms with van der Waals surface area (Å²) in [6, 6.07) is 12.4. The summed E-state index contributed by atoms with van der Waals surface area (Å²) in [5, 5.41) is 3.01. The lowest BCUT2D eigenvalue weighted by atomic mass is 9.98. The summed E-state index contributed by atoms with van der Waals surface area (Å²) in [6.45, 7) is 8.74. The van der Waals surface area contributed by atoms with Crippen molar-refractivity contribution >= 4 is 22.6 Å². The lowest BCUT2D eigenvalue weighted by Gasteiger charge is -2.24. The van der Waals surface area contributed by atoms with Crippen LogP contribution in [0.25, 0.3) is 11.0 Å². The highest BCUT2D eigenvalue weighted by molar-refractivity contribution is 5.95. The number of nitrogens with zero attached hydrogens (tertiary/aromatic N) is 4. The second kappa shape index (κ2) is 9.53. The standard InChI is InChI=1S/C26H33N5O2/c1-19-8-10-23(20-9-11-25(32)28-26(19)20)33-17-16-30-12-5-13-31(15-14-30)18-24-27-21-6-3-4-7-22(21)29(24)2/h3-4,6-8,10H,5,9,11-18H2,1-2H3,(H,28,32). The van der Waals surface area contributed by atoms with E-state index in [1.54, 1.807) is 0 Å². The van der Waals surface area contributed by atoms with E-state index < -0.39 is 0 Å². The first-order valence-electron chi connectivity index (χ1n) is 12.0. The minimum atomic E-state index is 0.0931. The third-order valence-electron chi connectivity index (χ3n) is 6.94. The minimum Gasteiger partial charge on any atom is -0.492 e. The smallest absolute Gasteiger partial charge is 0.224 e. The molecule has 5 rings (SSSR count). The van der Waals surface area contributed by atoms with E-state index in [4.69, 9.17) is 9.72 Å². The molecule has 0 spiro atoms. The summed E-state index contributed by atoms with van der Waals surface area (Å²) in [6.07, 6.45) is 2.43. The summed E-state index contributed by atoms with van der Waals surface area (Å²) in [5.74, 6) is 2.13. The molecule has 0 atom stereocenters. The molecule has 2 aliphatic rings. The van der Waals surface area contributed by atoms with Crippen LogP contribution in [0, 0.1) is 6.92 Å². The zero-order valence-electron chi connectivity index (χ0n) is 19.6. The van der Waals surface area contributed by atoms with Crippen LogP contribution in [-0.4, -0.2) is 64.6 Å². The van der Waals surface area contributed by atoms with E-state index in [1.165, 1.54) is 5.52 Å². The van der Waals surface area contributed by atoms with Gasteiger partial charge in [-0.05, 0) is 56.6 Å². The number of aryl methyl sites for hydroxylation is 2. The molecule has 7 heteroatoms. The van der Waals surface area contributed by atoms with Crippen LogP contribution in [0.3, 0.4) is 0 Å². The molecule has 3 heterocycles. The molecule has 1 fully saturated rings. The van der Waals surface area contributed by atoms with Gasteiger partial charge < -0.3 is 14.6 Å². The Bertz CT molecular complexity index is 1160. The zero-order chi connectivity index (χ0) is 22.8. The number of ether oxygens (including phenoxy) is 1. The average molecular weight is 448 g/mol. The van der Waals surface area contributed by atoms with Gasteiger partial charge in [-0.1, -0.05) is 18.2 Å². The SMILES string of the molecule is Cc1ccc(OCCN2CCCN(Cc3nc4ccccc4n3C)CC2)c2c1NC(=O)CC2. The fourth-order valence-electron chi connectivity index (χ4n) is 4.97. The van der Waals surface area contributed by atoms with Gasteiger partial charge in [0.2, 0.25) is 5.91 Å². The molecule has 33 heavy (non-hydrogen) atoms. The Hall–Kier alpha value is -2.90. The third kappa shape index (κ3) is 4.75. The van der Waals surface area contributed by atoms with E-state index in [9.17, 15) is 4.79 Å². The van der Waals surface area contributed by atoms with Crippen LogP contribution in [0.5, 0.6) is 5.75 Å². The summed E-state index contributed by atoms with van der Waals surface area (Å²) in [7, 11) is 2.11. The molecule has 7 nitrogen and oxygen atoms in total. The molecule has 0 aliphatic carbocycles. The fourth-order valence-corrected chi connectivity index (χ4v) is 4.97. The molecule has 174 valence electrons. The van der Waals surface area contributed by atoms with Gasteiger partial charge in [0, 0.05) is 38.7 Å². The molecule has 0 saturated carbocycles. The number of fused-ring (bicyclic) bond motifs is 2. The van der Waals surface area contributed by atoms with Crippen molar-refractivity contribution in [3.63, 3.8) is 0 Å². The highest BCUT2D eigenvalue weighted by Gasteiger charge is 2.21. The van der Waals surface area contributed by atoms with E-state index >= 15 is 0 Å². The molecule has 0 bridgehead atoms. The fraction of sp³-hybridized carbons (Fsp3) is 0.462. The van der Waals surface area contributed by atoms with E-state index in [1.807, 2.05) is 25.1 Å². The highest BCUT2D eigenvalue weighted by atomic mass is 16.5. The Morgan fingerprint density at radius 2 is 1.85 bits per heavy atom. The van der Waals surface area contributed by atoms with Crippen molar-refractivity contribution in [3.8, 4) is 5.75 Å². The van der Waals surface area contributed by atoms with Crippen LogP contribution >= 0.6 is 0 Å². The van der Waals surface area contributed by atoms with Gasteiger partial charge in [0.1, 0.15) is 18.2 Å². The molecule has 2 aliphatic heterocycles. The molecular weight excluding hydrogens is 414 g/mol. The molecule has 2 aromatic carbocycles. The number of amides is 1. The normalized spacial score (nSPS) is 17.6. The number of anilines is 1. The van der Waals surface area contributed by atoms with E-state index in [-0.39, 0.29) is 5.91 Å². The van der Waals surface area contributed by atoms with Gasteiger partial charge in [0.05, 0.1) is 23.3 Å². The Morgan fingerprint density at radius 1 is 1.03 bits per heavy atom. The number of imidazole rings is 1. The van der Waals surface area contributed by atoms with Crippen LogP contribution in [0.2, 0.25) is 0 Å². The van der Waals surface area contributed by atoms with E-state index in [0.29, 0.717) is 13.0 Å². The lowest BCUT2D eigenvalue weighted by molar-refractivity contribution is -0.116. The molecule has 0 radical (unpaired) electrons. The summed E-state index contributed by atoms with van der Waals surface area (Å²) < 4.78 is 8.41. The Kier molecular flexibility index (Phi) is 6.33. The summed E-state index contributed by atoms with van der Waals surface area (Å²) in [4.78, 5) is 21.6. The molecular formula is C26H33N5O2. The van der Waals surface area contributed by atoms with Gasteiger partial charge in [-0.25, -0.2) is 4.98 Å². The molecule has 1 N–H and O–H groups in total. The van der Waals surface area contributed by atoms with Crippen molar-refractivity contribution in [2.45, 2.75) is 32.7 Å². The largest absolute Gasteiger partial charge is 0.492 e. The maximum atomic E-state index is 11.8. The predicted octanol–water partition coefficient (Wildman–Crippen LogP) is 3.35. The van der Waals surface area contributed by atoms with Crippen molar-refractivity contribution < 1.29 is 9.53 Å². The van der Waals surface area contributed by atoms with Crippen molar-refractivity contribution in [1.82, 2.24) is 19.4 Å².